The number of Topliss-reactive ketones (excluding diaryl/α,β-unsaturated/α-hetero) is 1. The largest absolute Gasteiger partial charge is 0.507 e. The zero-order valence-electron chi connectivity index (χ0n) is 21.1. The second kappa shape index (κ2) is 11.3. The van der Waals surface area contributed by atoms with Gasteiger partial charge in [0.15, 0.2) is 11.5 Å². The van der Waals surface area contributed by atoms with Gasteiger partial charge in [0, 0.05) is 24.8 Å². The predicted molar refractivity (Wildman–Crippen MR) is 132 cm³/mol. The summed E-state index contributed by atoms with van der Waals surface area (Å²) in [4.78, 5) is 27.8. The Balaban J connectivity index is 2.26. The number of likely N-dealkylation sites (tertiary alicyclic amines) is 1. The van der Waals surface area contributed by atoms with Crippen molar-refractivity contribution in [2.24, 2.45) is 0 Å². The third-order valence-electron chi connectivity index (χ3n) is 6.01. The number of amides is 1. The highest BCUT2D eigenvalue weighted by molar-refractivity contribution is 6.46. The van der Waals surface area contributed by atoms with E-state index in [1.165, 1.54) is 26.2 Å². The average Bonchev–Trinajstić information content (AvgIpc) is 3.11. The quantitative estimate of drug-likeness (QED) is 0.306. The molecule has 8 heteroatoms. The van der Waals surface area contributed by atoms with E-state index in [0.29, 0.717) is 35.0 Å². The van der Waals surface area contributed by atoms with E-state index in [1.54, 1.807) is 36.4 Å². The number of methoxy groups -OCH3 is 3. The van der Waals surface area contributed by atoms with Crippen LogP contribution < -0.4 is 14.2 Å². The average molecular weight is 484 g/mol. The molecule has 35 heavy (non-hydrogen) atoms. The summed E-state index contributed by atoms with van der Waals surface area (Å²) in [7, 11) is 4.52. The highest BCUT2D eigenvalue weighted by Crippen LogP contribution is 2.45. The fraction of sp³-hybridized carbons (Fsp3) is 0.407. The molecule has 2 aromatic rings. The van der Waals surface area contributed by atoms with Gasteiger partial charge in [0.1, 0.15) is 11.5 Å². The Morgan fingerprint density at radius 3 is 2.40 bits per heavy atom. The zero-order valence-corrected chi connectivity index (χ0v) is 21.1. The van der Waals surface area contributed by atoms with E-state index in [9.17, 15) is 14.7 Å². The molecule has 0 saturated carbocycles. The summed E-state index contributed by atoms with van der Waals surface area (Å²) in [5.41, 5.74) is 1.82. The Bertz CT molecular complexity index is 1120. The number of ketones is 1. The number of ether oxygens (including phenoxy) is 4. The number of aliphatic hydroxyl groups excluding tert-OH is 1. The van der Waals surface area contributed by atoms with E-state index >= 15 is 0 Å². The maximum absolute atomic E-state index is 13.3. The summed E-state index contributed by atoms with van der Waals surface area (Å²) >= 11 is 0. The Hall–Kier alpha value is -3.52. The molecule has 0 aliphatic carbocycles. The molecule has 1 fully saturated rings. The van der Waals surface area contributed by atoms with Crippen LogP contribution in [0.1, 0.15) is 49.4 Å². The number of carbonyl (C=O) groups excluding carboxylic acids is 2. The van der Waals surface area contributed by atoms with Crippen LogP contribution in [0.15, 0.2) is 42.0 Å². The number of rotatable bonds is 10. The first kappa shape index (κ1) is 26.1. The van der Waals surface area contributed by atoms with Crippen LogP contribution >= 0.6 is 0 Å². The summed E-state index contributed by atoms with van der Waals surface area (Å²) in [6, 6.07) is 9.61. The van der Waals surface area contributed by atoms with Crippen LogP contribution in [-0.4, -0.2) is 62.8 Å². The highest BCUT2D eigenvalue weighted by Gasteiger charge is 2.47. The van der Waals surface area contributed by atoms with Crippen molar-refractivity contribution in [2.75, 3.05) is 41.1 Å². The molecule has 0 aromatic heterocycles. The minimum Gasteiger partial charge on any atom is -0.507 e. The van der Waals surface area contributed by atoms with Crippen LogP contribution in [0, 0.1) is 0 Å². The molecule has 0 radical (unpaired) electrons. The van der Waals surface area contributed by atoms with Gasteiger partial charge in [-0.15, -0.1) is 0 Å². The van der Waals surface area contributed by atoms with Gasteiger partial charge in [-0.25, -0.2) is 0 Å². The van der Waals surface area contributed by atoms with E-state index in [2.05, 4.69) is 0 Å². The first-order chi connectivity index (χ1) is 16.8. The molecule has 1 aliphatic rings. The number of hydrogen-bond donors (Lipinski definition) is 1. The maximum Gasteiger partial charge on any atom is 0.295 e. The zero-order chi connectivity index (χ0) is 25.7. The lowest BCUT2D eigenvalue weighted by atomic mass is 9.92. The summed E-state index contributed by atoms with van der Waals surface area (Å²) in [5, 5.41) is 11.4. The van der Waals surface area contributed by atoms with Gasteiger partial charge in [0.25, 0.3) is 11.7 Å². The van der Waals surface area contributed by atoms with Gasteiger partial charge in [-0.05, 0) is 42.7 Å². The molecule has 1 saturated heterocycles. The Morgan fingerprint density at radius 1 is 1.06 bits per heavy atom. The van der Waals surface area contributed by atoms with Gasteiger partial charge < -0.3 is 29.0 Å². The molecule has 0 bridgehead atoms. The molecule has 8 nitrogen and oxygen atoms in total. The highest BCUT2D eigenvalue weighted by atomic mass is 16.5. The number of benzene rings is 2. The minimum atomic E-state index is -0.885. The molecule has 1 N–H and O–H groups in total. The van der Waals surface area contributed by atoms with Gasteiger partial charge in [-0.1, -0.05) is 26.0 Å². The molecule has 1 heterocycles. The van der Waals surface area contributed by atoms with Crippen molar-refractivity contribution in [1.29, 1.82) is 0 Å². The van der Waals surface area contributed by atoms with E-state index in [1.807, 2.05) is 20.8 Å². The Morgan fingerprint density at radius 2 is 1.80 bits per heavy atom. The first-order valence-electron chi connectivity index (χ1n) is 11.6. The van der Waals surface area contributed by atoms with Crippen LogP contribution in [0.3, 0.4) is 0 Å². The van der Waals surface area contributed by atoms with Gasteiger partial charge in [0.05, 0.1) is 39.0 Å². The molecule has 0 spiro atoms. The molecule has 188 valence electrons. The number of hydrogen-bond acceptors (Lipinski definition) is 7. The molecule has 1 aliphatic heterocycles. The second-order valence-corrected chi connectivity index (χ2v) is 8.41. The summed E-state index contributed by atoms with van der Waals surface area (Å²) < 4.78 is 21.9. The Labute approximate surface area is 206 Å². The SMILES string of the molecule is CCOc1ccc(/C(O)=C2\C(=O)C(=O)N(CCOC)C2c2cccc(OC)c2OC)cc1C(C)C. The molecule has 2 aromatic carbocycles. The normalized spacial score (nSPS) is 17.2. The monoisotopic (exact) mass is 483 g/mol. The van der Waals surface area contributed by atoms with Gasteiger partial charge in [-0.3, -0.25) is 9.59 Å². The van der Waals surface area contributed by atoms with E-state index in [4.69, 9.17) is 18.9 Å². The topological polar surface area (TPSA) is 94.5 Å². The minimum absolute atomic E-state index is 0.0171. The van der Waals surface area contributed by atoms with Crippen LogP contribution in [0.4, 0.5) is 0 Å². The number of nitrogens with zero attached hydrogens (tertiary/aromatic N) is 1. The van der Waals surface area contributed by atoms with Crippen LogP contribution in [0.25, 0.3) is 5.76 Å². The van der Waals surface area contributed by atoms with Gasteiger partial charge >= 0.3 is 0 Å². The fourth-order valence-electron chi connectivity index (χ4n) is 4.34. The van der Waals surface area contributed by atoms with E-state index in [0.717, 1.165) is 5.56 Å². The smallest absolute Gasteiger partial charge is 0.295 e. The molecular weight excluding hydrogens is 450 g/mol. The molecular formula is C27H33NO7. The van der Waals surface area contributed by atoms with Gasteiger partial charge in [-0.2, -0.15) is 0 Å². The first-order valence-corrected chi connectivity index (χ1v) is 11.6. The molecule has 1 unspecified atom stereocenters. The van der Waals surface area contributed by atoms with Crippen molar-refractivity contribution in [3.05, 3.63) is 58.7 Å². The second-order valence-electron chi connectivity index (χ2n) is 8.41. The van der Waals surface area contributed by atoms with Crippen LogP contribution in [0.5, 0.6) is 17.2 Å². The molecule has 1 atom stereocenters. The van der Waals surface area contributed by atoms with Crippen LogP contribution in [-0.2, 0) is 14.3 Å². The van der Waals surface area contributed by atoms with E-state index in [-0.39, 0.29) is 30.4 Å². The fourth-order valence-corrected chi connectivity index (χ4v) is 4.34. The maximum atomic E-state index is 13.3. The lowest BCUT2D eigenvalue weighted by Crippen LogP contribution is -2.32. The van der Waals surface area contributed by atoms with Crippen molar-refractivity contribution < 1.29 is 33.6 Å². The third kappa shape index (κ3) is 4.98. The summed E-state index contributed by atoms with van der Waals surface area (Å²) in [5.74, 6) is -0.0893. The standard InChI is InChI=1S/C27H33NO7/c1-7-35-20-12-11-17(15-19(20)16(2)3)24(29)22-23(28(13-14-32-4)27(31)25(22)30)18-9-8-10-21(33-5)26(18)34-6/h8-12,15-16,23,29H,7,13-14H2,1-6H3/b24-22+. The number of aliphatic hydroxyl groups is 1. The van der Waals surface area contributed by atoms with Crippen molar-refractivity contribution in [3.8, 4) is 17.2 Å². The summed E-state index contributed by atoms with van der Waals surface area (Å²) in [6.45, 7) is 6.82. The predicted octanol–water partition coefficient (Wildman–Crippen LogP) is 4.29. The summed E-state index contributed by atoms with van der Waals surface area (Å²) in [6.07, 6.45) is 0. The lowest BCUT2D eigenvalue weighted by molar-refractivity contribution is -0.140. The number of carbonyl (C=O) groups is 2. The van der Waals surface area contributed by atoms with Crippen molar-refractivity contribution in [1.82, 2.24) is 4.90 Å². The van der Waals surface area contributed by atoms with Crippen molar-refractivity contribution >= 4 is 17.4 Å². The number of para-hydroxylation sites is 1. The molecule has 1 amide bonds. The lowest BCUT2D eigenvalue weighted by Gasteiger charge is -2.27. The van der Waals surface area contributed by atoms with Gasteiger partial charge in [0.2, 0.25) is 0 Å². The third-order valence-corrected chi connectivity index (χ3v) is 6.01. The van der Waals surface area contributed by atoms with Crippen molar-refractivity contribution in [3.63, 3.8) is 0 Å². The van der Waals surface area contributed by atoms with Crippen molar-refractivity contribution in [2.45, 2.75) is 32.7 Å². The van der Waals surface area contributed by atoms with Crippen LogP contribution in [0.2, 0.25) is 0 Å². The molecule has 3 rings (SSSR count). The Kier molecular flexibility index (Phi) is 8.40. The van der Waals surface area contributed by atoms with E-state index < -0.39 is 17.7 Å².